The fraction of sp³-hybridized carbons (Fsp3) is 0.273. The van der Waals surface area contributed by atoms with E-state index in [0.717, 1.165) is 0 Å². The number of nitrogens with zero attached hydrogens (tertiary/aromatic N) is 4. The molecule has 168 valence electrons. The quantitative estimate of drug-likeness (QED) is 0.521. The third-order valence-electron chi connectivity index (χ3n) is 4.71. The highest BCUT2D eigenvalue weighted by molar-refractivity contribution is 6.35. The van der Waals surface area contributed by atoms with Crippen LogP contribution in [0.1, 0.15) is 29.5 Å². The molecule has 0 fully saturated rings. The zero-order valence-corrected chi connectivity index (χ0v) is 19.4. The van der Waals surface area contributed by atoms with Crippen LogP contribution in [0.4, 0.5) is 5.69 Å². The number of ether oxygens (including phenoxy) is 1. The predicted molar refractivity (Wildman–Crippen MR) is 124 cm³/mol. The lowest BCUT2D eigenvalue weighted by Gasteiger charge is -2.21. The van der Waals surface area contributed by atoms with Crippen molar-refractivity contribution >= 4 is 40.7 Å². The second kappa shape index (κ2) is 10.5. The molecule has 0 atom stereocenters. The zero-order valence-electron chi connectivity index (χ0n) is 17.9. The summed E-state index contributed by atoms with van der Waals surface area (Å²) in [6, 6.07) is 12.0. The molecule has 0 radical (unpaired) electrons. The Labute approximate surface area is 196 Å². The summed E-state index contributed by atoms with van der Waals surface area (Å²) in [6.45, 7) is 3.89. The molecule has 0 bridgehead atoms. The molecule has 1 N–H and O–H groups in total. The highest BCUT2D eigenvalue weighted by Crippen LogP contribution is 2.25. The fourth-order valence-electron chi connectivity index (χ4n) is 3.14. The van der Waals surface area contributed by atoms with Crippen LogP contribution < -0.4 is 10.1 Å². The maximum Gasteiger partial charge on any atom is 0.276 e. The van der Waals surface area contributed by atoms with Crippen molar-refractivity contribution in [2.24, 2.45) is 0 Å². The fourth-order valence-corrected chi connectivity index (χ4v) is 3.48. The third-order valence-corrected chi connectivity index (χ3v) is 5.28. The molecule has 32 heavy (non-hydrogen) atoms. The molecule has 0 aliphatic rings. The number of carbonyl (C=O) groups excluding carboxylic acids is 2. The number of halogens is 2. The third kappa shape index (κ3) is 5.38. The number of hydrogen-bond donors (Lipinski definition) is 1. The number of anilines is 1. The van der Waals surface area contributed by atoms with E-state index < -0.39 is 5.91 Å². The molecule has 1 heterocycles. The van der Waals surface area contributed by atoms with Gasteiger partial charge in [-0.3, -0.25) is 9.59 Å². The Bertz CT molecular complexity index is 1130. The molecular formula is C22H23Cl2N5O3. The summed E-state index contributed by atoms with van der Waals surface area (Å²) in [7, 11) is 1.58. The SMILES string of the molecule is CCCN(CC(=O)Nc1cc(Cl)ccc1Cl)C(=O)c1nnn(-c2cccc(OC)c2)c1C. The van der Waals surface area contributed by atoms with Crippen LogP contribution in [0.15, 0.2) is 42.5 Å². The lowest BCUT2D eigenvalue weighted by atomic mass is 10.2. The number of methoxy groups -OCH3 is 1. The van der Waals surface area contributed by atoms with Crippen molar-refractivity contribution in [3.8, 4) is 11.4 Å². The maximum absolute atomic E-state index is 13.2. The Morgan fingerprint density at radius 3 is 2.69 bits per heavy atom. The van der Waals surface area contributed by atoms with E-state index in [0.29, 0.717) is 45.8 Å². The molecule has 0 aliphatic carbocycles. The number of rotatable bonds is 8. The first-order valence-corrected chi connectivity index (χ1v) is 10.7. The van der Waals surface area contributed by atoms with Gasteiger partial charge >= 0.3 is 0 Å². The maximum atomic E-state index is 13.2. The molecule has 0 aliphatic heterocycles. The molecule has 8 nitrogen and oxygen atoms in total. The second-order valence-corrected chi connectivity index (χ2v) is 7.88. The topological polar surface area (TPSA) is 89.4 Å². The van der Waals surface area contributed by atoms with E-state index in [2.05, 4.69) is 15.6 Å². The van der Waals surface area contributed by atoms with Gasteiger partial charge in [0.15, 0.2) is 5.69 Å². The predicted octanol–water partition coefficient (Wildman–Crippen LogP) is 4.38. The van der Waals surface area contributed by atoms with Crippen molar-refractivity contribution in [1.82, 2.24) is 19.9 Å². The first kappa shape index (κ1) is 23.6. The zero-order chi connectivity index (χ0) is 23.3. The molecule has 2 amide bonds. The summed E-state index contributed by atoms with van der Waals surface area (Å²) in [5.74, 6) is -0.117. The average molecular weight is 476 g/mol. The van der Waals surface area contributed by atoms with E-state index in [1.165, 1.54) is 4.90 Å². The molecule has 0 unspecified atom stereocenters. The van der Waals surface area contributed by atoms with E-state index in [-0.39, 0.29) is 18.1 Å². The van der Waals surface area contributed by atoms with Crippen molar-refractivity contribution in [2.45, 2.75) is 20.3 Å². The summed E-state index contributed by atoms with van der Waals surface area (Å²) in [6.07, 6.45) is 0.667. The van der Waals surface area contributed by atoms with Gasteiger partial charge in [0.1, 0.15) is 12.3 Å². The minimum Gasteiger partial charge on any atom is -0.497 e. The van der Waals surface area contributed by atoms with Crippen LogP contribution in [-0.4, -0.2) is 51.9 Å². The van der Waals surface area contributed by atoms with Gasteiger partial charge in [-0.05, 0) is 43.7 Å². The van der Waals surface area contributed by atoms with Crippen molar-refractivity contribution in [3.63, 3.8) is 0 Å². The molecular weight excluding hydrogens is 453 g/mol. The summed E-state index contributed by atoms with van der Waals surface area (Å²) >= 11 is 12.1. The van der Waals surface area contributed by atoms with Gasteiger partial charge in [-0.15, -0.1) is 5.10 Å². The van der Waals surface area contributed by atoms with Gasteiger partial charge in [0.2, 0.25) is 5.91 Å². The number of hydrogen-bond acceptors (Lipinski definition) is 5. The molecule has 2 aromatic carbocycles. The number of aromatic nitrogens is 3. The molecule has 3 aromatic rings. The highest BCUT2D eigenvalue weighted by Gasteiger charge is 2.25. The Balaban J connectivity index is 1.79. The monoisotopic (exact) mass is 475 g/mol. The minimum atomic E-state index is -0.395. The van der Waals surface area contributed by atoms with Gasteiger partial charge in [0, 0.05) is 17.6 Å². The van der Waals surface area contributed by atoms with E-state index in [1.807, 2.05) is 25.1 Å². The van der Waals surface area contributed by atoms with Crippen LogP contribution in [0.2, 0.25) is 10.0 Å². The van der Waals surface area contributed by atoms with Crippen molar-refractivity contribution in [2.75, 3.05) is 25.5 Å². The summed E-state index contributed by atoms with van der Waals surface area (Å²) in [5, 5.41) is 11.7. The molecule has 0 saturated heterocycles. The van der Waals surface area contributed by atoms with Gasteiger partial charge in [-0.1, -0.05) is 41.4 Å². The van der Waals surface area contributed by atoms with E-state index >= 15 is 0 Å². The van der Waals surface area contributed by atoms with Gasteiger partial charge in [0.05, 0.1) is 29.2 Å². The normalized spacial score (nSPS) is 10.7. The first-order chi connectivity index (χ1) is 15.3. The van der Waals surface area contributed by atoms with Gasteiger partial charge in [-0.2, -0.15) is 0 Å². The summed E-state index contributed by atoms with van der Waals surface area (Å²) in [5.41, 5.74) is 1.83. The van der Waals surface area contributed by atoms with E-state index in [1.54, 1.807) is 43.0 Å². The van der Waals surface area contributed by atoms with E-state index in [9.17, 15) is 9.59 Å². The lowest BCUT2D eigenvalue weighted by molar-refractivity contribution is -0.116. The second-order valence-electron chi connectivity index (χ2n) is 7.04. The van der Waals surface area contributed by atoms with Crippen LogP contribution in [0, 0.1) is 6.92 Å². The van der Waals surface area contributed by atoms with Crippen LogP contribution >= 0.6 is 23.2 Å². The standard InChI is InChI=1S/C22H23Cl2N5O3/c1-4-10-28(13-20(30)25-19-11-15(23)8-9-18(19)24)22(31)21-14(2)29(27-26-21)16-6-5-7-17(12-16)32-3/h5-9,11-12H,4,10,13H2,1-3H3,(H,25,30). The Kier molecular flexibility index (Phi) is 7.71. The minimum absolute atomic E-state index is 0.166. The van der Waals surface area contributed by atoms with Crippen LogP contribution in [-0.2, 0) is 4.79 Å². The van der Waals surface area contributed by atoms with Gasteiger partial charge in [0.25, 0.3) is 5.91 Å². The smallest absolute Gasteiger partial charge is 0.276 e. The number of carbonyl (C=O) groups is 2. The first-order valence-electron chi connectivity index (χ1n) is 9.95. The Morgan fingerprint density at radius 1 is 1.19 bits per heavy atom. The van der Waals surface area contributed by atoms with Crippen molar-refractivity contribution in [1.29, 1.82) is 0 Å². The Hall–Kier alpha value is -3.10. The largest absolute Gasteiger partial charge is 0.497 e. The van der Waals surface area contributed by atoms with Crippen molar-refractivity contribution in [3.05, 3.63) is 63.9 Å². The number of nitrogens with one attached hydrogen (secondary N) is 1. The molecule has 0 spiro atoms. The lowest BCUT2D eigenvalue weighted by Crippen LogP contribution is -2.39. The summed E-state index contributed by atoms with van der Waals surface area (Å²) < 4.78 is 6.81. The molecule has 0 saturated carbocycles. The summed E-state index contributed by atoms with van der Waals surface area (Å²) in [4.78, 5) is 27.2. The van der Waals surface area contributed by atoms with Crippen LogP contribution in [0.5, 0.6) is 5.75 Å². The van der Waals surface area contributed by atoms with Gasteiger partial charge in [-0.25, -0.2) is 4.68 Å². The average Bonchev–Trinajstić information content (AvgIpc) is 3.16. The van der Waals surface area contributed by atoms with Gasteiger partial charge < -0.3 is 15.0 Å². The number of benzene rings is 2. The van der Waals surface area contributed by atoms with Crippen LogP contribution in [0.3, 0.4) is 0 Å². The van der Waals surface area contributed by atoms with Crippen LogP contribution in [0.25, 0.3) is 5.69 Å². The Morgan fingerprint density at radius 2 is 1.97 bits per heavy atom. The molecule has 1 aromatic heterocycles. The van der Waals surface area contributed by atoms with Crippen molar-refractivity contribution < 1.29 is 14.3 Å². The highest BCUT2D eigenvalue weighted by atomic mass is 35.5. The molecule has 10 heteroatoms. The number of amides is 2. The van der Waals surface area contributed by atoms with E-state index in [4.69, 9.17) is 27.9 Å². The molecule has 3 rings (SSSR count).